The highest BCUT2D eigenvalue weighted by atomic mass is 32.2. The maximum absolute atomic E-state index is 7.00. The van der Waals surface area contributed by atoms with Crippen LogP contribution in [0.3, 0.4) is 0 Å². The first-order chi connectivity index (χ1) is 65.1. The average molecular weight is 1770 g/mol. The van der Waals surface area contributed by atoms with Gasteiger partial charge in [0.05, 0.1) is 18.8 Å². The third-order valence-electron chi connectivity index (χ3n) is 26.1. The van der Waals surface area contributed by atoms with Crippen molar-refractivity contribution >= 4 is 236 Å². The predicted molar refractivity (Wildman–Crippen MR) is 568 cm³/mol. The van der Waals surface area contributed by atoms with Crippen molar-refractivity contribution in [2.75, 3.05) is 19.6 Å². The molecule has 642 valence electrons. The second-order valence-corrected chi connectivity index (χ2v) is 43.8. The van der Waals surface area contributed by atoms with Gasteiger partial charge in [-0.2, -0.15) is 0 Å². The van der Waals surface area contributed by atoms with Gasteiger partial charge in [-0.3, -0.25) is 0 Å². The third-order valence-corrected chi connectivity index (χ3v) is 30.2. The minimum Gasteiger partial charge on any atom is -0.455 e. The molecular formula is C122H94N4O4S2Si. The molecule has 0 atom stereocenters. The minimum absolute atomic E-state index is 0.466. The Balaban J connectivity index is 0.000000151. The SMILES string of the molecule is Cc1ccc(N(c2ccc(C(C)C)cc2)c2ccc3c(ccc4c5ccc6oc7c8ccc(N(c9ccc(C(C)C)cc9)c9ccc([Si](C)(C)C)cc9)cc8ccc7c6c5oc34)c2)cc1.c1ccc(Sc2ccc(N(c3ccccc3)c3ccc4c(ccc5c6ccc7oc8c9ccc(N(c%10ccccc%10)c%10ccc(Sc%11ccccc%11)cc%10)cc9ccc8c7c6oc45)c3)cc2)cc1. The van der Waals surface area contributed by atoms with Crippen LogP contribution in [0.5, 0.6) is 0 Å². The van der Waals surface area contributed by atoms with Crippen LogP contribution in [0, 0.1) is 6.92 Å². The summed E-state index contributed by atoms with van der Waals surface area (Å²) in [7, 11) is -1.46. The van der Waals surface area contributed by atoms with Gasteiger partial charge in [-0.15, -0.1) is 0 Å². The smallest absolute Gasteiger partial charge is 0.147 e. The van der Waals surface area contributed by atoms with Crippen molar-refractivity contribution in [3.05, 3.63) is 429 Å². The molecule has 0 fully saturated rings. The molecule has 133 heavy (non-hydrogen) atoms. The van der Waals surface area contributed by atoms with E-state index in [1.165, 1.54) is 41.5 Å². The Morgan fingerprint density at radius 3 is 0.789 bits per heavy atom. The molecule has 0 N–H and O–H groups in total. The van der Waals surface area contributed by atoms with Gasteiger partial charge in [0.1, 0.15) is 44.7 Å². The molecule has 0 amide bonds. The molecule has 0 aliphatic rings. The van der Waals surface area contributed by atoms with Crippen LogP contribution >= 0.6 is 23.5 Å². The first-order valence-corrected chi connectivity index (χ1v) is 50.9. The van der Waals surface area contributed by atoms with Crippen molar-refractivity contribution in [2.45, 2.75) is 85.7 Å². The zero-order valence-corrected chi connectivity index (χ0v) is 77.8. The van der Waals surface area contributed by atoms with E-state index in [9.17, 15) is 0 Å². The van der Waals surface area contributed by atoms with Gasteiger partial charge in [0.15, 0.2) is 0 Å². The Morgan fingerprint density at radius 2 is 0.466 bits per heavy atom. The Labute approximate surface area is 782 Å². The lowest BCUT2D eigenvalue weighted by Crippen LogP contribution is -2.37. The van der Waals surface area contributed by atoms with E-state index < -0.39 is 8.07 Å². The van der Waals surface area contributed by atoms with Gasteiger partial charge in [0, 0.05) is 142 Å². The van der Waals surface area contributed by atoms with E-state index >= 15 is 0 Å². The third kappa shape index (κ3) is 15.3. The molecule has 11 heteroatoms. The minimum atomic E-state index is -1.46. The maximum atomic E-state index is 7.00. The number of furan rings is 4. The molecule has 0 unspecified atom stereocenters. The van der Waals surface area contributed by atoms with Crippen LogP contribution in [0.4, 0.5) is 68.2 Å². The first-order valence-electron chi connectivity index (χ1n) is 45.8. The Bertz CT molecular complexity index is 8530. The van der Waals surface area contributed by atoms with Crippen molar-refractivity contribution in [3.8, 4) is 0 Å². The van der Waals surface area contributed by atoms with Crippen LogP contribution in [0.25, 0.3) is 131 Å². The van der Waals surface area contributed by atoms with E-state index in [2.05, 4.69) is 486 Å². The Kier molecular flexibility index (Phi) is 21.0. The van der Waals surface area contributed by atoms with Crippen molar-refractivity contribution in [3.63, 3.8) is 0 Å². The van der Waals surface area contributed by atoms with E-state index in [4.69, 9.17) is 17.7 Å². The largest absolute Gasteiger partial charge is 0.455 e. The molecule has 0 saturated heterocycles. The summed E-state index contributed by atoms with van der Waals surface area (Å²) in [5.41, 5.74) is 23.9. The lowest BCUT2D eigenvalue weighted by molar-refractivity contribution is 0.665. The predicted octanol–water partition coefficient (Wildman–Crippen LogP) is 36.9. The number of fused-ring (bicyclic) bond motifs is 22. The number of aryl methyl sites for hydroxylation is 1. The zero-order chi connectivity index (χ0) is 89.7. The van der Waals surface area contributed by atoms with Crippen molar-refractivity contribution in [2.24, 2.45) is 0 Å². The number of benzene rings is 20. The van der Waals surface area contributed by atoms with Crippen molar-refractivity contribution in [1.82, 2.24) is 0 Å². The monoisotopic (exact) mass is 1770 g/mol. The number of anilines is 12. The zero-order valence-electron chi connectivity index (χ0n) is 75.2. The van der Waals surface area contributed by atoms with Gasteiger partial charge in [0.2, 0.25) is 0 Å². The Morgan fingerprint density at radius 1 is 0.218 bits per heavy atom. The lowest BCUT2D eigenvalue weighted by Gasteiger charge is -2.27. The fourth-order valence-corrected chi connectivity index (χ4v) is 22.0. The van der Waals surface area contributed by atoms with E-state index in [1.54, 1.807) is 23.5 Å². The second-order valence-electron chi connectivity index (χ2n) is 36.4. The van der Waals surface area contributed by atoms with Crippen molar-refractivity contribution in [1.29, 1.82) is 0 Å². The molecule has 4 heterocycles. The second kappa shape index (κ2) is 33.9. The fraction of sp³-hybridized carbons (Fsp3) is 0.0820. The van der Waals surface area contributed by atoms with E-state index in [-0.39, 0.29) is 0 Å². The highest BCUT2D eigenvalue weighted by Gasteiger charge is 2.27. The lowest BCUT2D eigenvalue weighted by atomic mass is 10.0. The van der Waals surface area contributed by atoms with Gasteiger partial charge in [-0.05, 0) is 318 Å². The molecule has 0 bridgehead atoms. The van der Waals surface area contributed by atoms with Crippen LogP contribution in [0.15, 0.2) is 450 Å². The molecule has 0 spiro atoms. The molecule has 0 aliphatic heterocycles. The van der Waals surface area contributed by atoms with E-state index in [0.29, 0.717) is 11.8 Å². The van der Waals surface area contributed by atoms with Crippen LogP contribution in [-0.4, -0.2) is 8.07 Å². The quantitative estimate of drug-likeness (QED) is 0.0732. The molecule has 24 rings (SSSR count). The number of nitrogens with zero attached hydrogens (tertiary/aromatic N) is 4. The number of hydrogen-bond acceptors (Lipinski definition) is 10. The average Bonchev–Trinajstić information content (AvgIpc) is 1.56. The standard InChI is InChI=1S/C62H40N2O2S2.C60H54N2O2Si/c1-5-13-43(14-6-1)63(45-23-29-51(30-24-45)67-49-17-9-3-10-18-49)47-27-35-53-41(39-47)21-33-55-56-37-38-58-59(62(56)66-60(53)55)57-34-22-42-40-48(28-36-54(42)61(57)65-58)64(44-15-7-2-8-16-44)46-25-31-52(32-26-46)68-50-19-11-4-12-20-50;1-37(2)40-11-19-45(20-12-40)61(44-17-9-39(5)10-18-44)48-25-31-51-42(35-48)15-29-53-54-33-34-56-57(60(54)64-58(51)53)55-30-16-43-36-49(26-32-52(43)59(55)63-56)62(46-21-13-41(14-22-46)38(3)4)47-23-27-50(28-24-47)65(6,7)8/h1-40H;9-38H,1-8H3. The van der Waals surface area contributed by atoms with Crippen LogP contribution in [-0.2, 0) is 0 Å². The van der Waals surface area contributed by atoms with E-state index in [1.807, 2.05) is 0 Å². The molecule has 0 aliphatic carbocycles. The highest BCUT2D eigenvalue weighted by molar-refractivity contribution is 7.99. The normalized spacial score (nSPS) is 12.0. The topological polar surface area (TPSA) is 65.5 Å². The number of rotatable bonds is 19. The molecular weight excluding hydrogens is 1680 g/mol. The maximum Gasteiger partial charge on any atom is 0.147 e. The summed E-state index contributed by atoms with van der Waals surface area (Å²) in [4.78, 5) is 14.2. The molecule has 0 radical (unpaired) electrons. The summed E-state index contributed by atoms with van der Waals surface area (Å²) in [6.45, 7) is 18.3. The van der Waals surface area contributed by atoms with Gasteiger partial charge in [-0.1, -0.05) is 227 Å². The molecule has 20 aromatic carbocycles. The summed E-state index contributed by atoms with van der Waals surface area (Å²) in [6.07, 6.45) is 0. The van der Waals surface area contributed by atoms with Gasteiger partial charge in [-0.25, -0.2) is 0 Å². The molecule has 0 saturated carbocycles. The summed E-state index contributed by atoms with van der Waals surface area (Å²) in [6, 6.07) is 149. The number of hydrogen-bond donors (Lipinski definition) is 0. The summed E-state index contributed by atoms with van der Waals surface area (Å²) in [5, 5.41) is 18.6. The summed E-state index contributed by atoms with van der Waals surface area (Å²) < 4.78 is 27.5. The number of para-hydroxylation sites is 2. The van der Waals surface area contributed by atoms with Gasteiger partial charge >= 0.3 is 0 Å². The molecule has 8 nitrogen and oxygen atoms in total. The molecule has 24 aromatic rings. The summed E-state index contributed by atoms with van der Waals surface area (Å²) >= 11 is 3.54. The van der Waals surface area contributed by atoms with Gasteiger partial charge < -0.3 is 37.3 Å². The molecule has 4 aromatic heterocycles. The Hall–Kier alpha value is -15.2. The summed E-state index contributed by atoms with van der Waals surface area (Å²) in [5.74, 6) is 0.936. The fourth-order valence-electron chi connectivity index (χ4n) is 19.2. The van der Waals surface area contributed by atoms with Crippen LogP contribution < -0.4 is 24.8 Å². The first kappa shape index (κ1) is 82.2. The highest BCUT2D eigenvalue weighted by Crippen LogP contribution is 2.50. The van der Waals surface area contributed by atoms with Crippen LogP contribution in [0.2, 0.25) is 19.6 Å². The van der Waals surface area contributed by atoms with Gasteiger partial charge in [0.25, 0.3) is 0 Å². The van der Waals surface area contributed by atoms with E-state index in [0.717, 1.165) is 199 Å². The van der Waals surface area contributed by atoms with Crippen molar-refractivity contribution < 1.29 is 17.7 Å². The van der Waals surface area contributed by atoms with Crippen LogP contribution in [0.1, 0.15) is 56.2 Å².